The Balaban J connectivity index is 3.65. The fraction of sp³-hybridized carbons (Fsp3) is 0.583. The van der Waals surface area contributed by atoms with Gasteiger partial charge in [0, 0.05) is 26.1 Å². The Morgan fingerprint density at radius 3 is 2.24 bits per heavy atom. The molecule has 0 rings (SSSR count). The summed E-state index contributed by atoms with van der Waals surface area (Å²) in [4.78, 5) is 34.3. The number of rotatable bonds is 7. The number of unbranched alkanes of at least 4 members (excludes halogenated alkanes) is 1. The molecular weight excluding hydrogens is 222 g/mol. The Kier molecular flexibility index (Phi) is 6.86. The van der Waals surface area contributed by atoms with Gasteiger partial charge in [0.2, 0.25) is 5.78 Å². The molecule has 0 N–H and O–H groups in total. The van der Waals surface area contributed by atoms with Crippen LogP contribution in [0.15, 0.2) is 12.2 Å². The highest BCUT2D eigenvalue weighted by molar-refractivity contribution is 6.34. The molecule has 5 heteroatoms. The minimum absolute atomic E-state index is 0.299. The normalized spacial score (nSPS) is 9.59. The van der Waals surface area contributed by atoms with Crippen molar-refractivity contribution in [3.05, 3.63) is 12.2 Å². The van der Waals surface area contributed by atoms with Crippen LogP contribution in [0.3, 0.4) is 0 Å². The fourth-order valence-electron chi connectivity index (χ4n) is 1.11. The van der Waals surface area contributed by atoms with E-state index in [1.165, 1.54) is 11.8 Å². The molecule has 0 aliphatic heterocycles. The topological polar surface area (TPSA) is 63.7 Å². The van der Waals surface area contributed by atoms with Crippen LogP contribution in [0, 0.1) is 0 Å². The van der Waals surface area contributed by atoms with Gasteiger partial charge >= 0.3 is 5.97 Å². The van der Waals surface area contributed by atoms with Gasteiger partial charge in [-0.1, -0.05) is 6.58 Å². The summed E-state index contributed by atoms with van der Waals surface area (Å²) in [5.41, 5.74) is 0.369. The van der Waals surface area contributed by atoms with Crippen molar-refractivity contribution in [3.63, 3.8) is 0 Å². The van der Waals surface area contributed by atoms with Crippen LogP contribution in [0.25, 0.3) is 0 Å². The molecule has 5 nitrogen and oxygen atoms in total. The molecule has 0 unspecified atom stereocenters. The third-order valence-corrected chi connectivity index (χ3v) is 2.12. The first-order chi connectivity index (χ1) is 7.86. The first-order valence-electron chi connectivity index (χ1n) is 5.45. The van der Waals surface area contributed by atoms with Gasteiger partial charge in [0.1, 0.15) is 0 Å². The van der Waals surface area contributed by atoms with Crippen molar-refractivity contribution in [2.24, 2.45) is 0 Å². The quantitative estimate of drug-likeness (QED) is 0.288. The van der Waals surface area contributed by atoms with Gasteiger partial charge in [-0.3, -0.25) is 9.59 Å². The Labute approximate surface area is 101 Å². The maximum Gasteiger partial charge on any atom is 0.333 e. The summed E-state index contributed by atoms with van der Waals surface area (Å²) >= 11 is 0. The molecule has 0 aromatic carbocycles. The van der Waals surface area contributed by atoms with Crippen LogP contribution >= 0.6 is 0 Å². The lowest BCUT2D eigenvalue weighted by atomic mass is 10.3. The fourth-order valence-corrected chi connectivity index (χ4v) is 1.11. The highest BCUT2D eigenvalue weighted by Crippen LogP contribution is 1.98. The maximum atomic E-state index is 11.2. The van der Waals surface area contributed by atoms with Gasteiger partial charge < -0.3 is 9.64 Å². The highest BCUT2D eigenvalue weighted by atomic mass is 16.5. The molecule has 0 spiro atoms. The van der Waals surface area contributed by atoms with Gasteiger partial charge in [-0.05, 0) is 19.8 Å². The zero-order valence-electron chi connectivity index (χ0n) is 10.6. The van der Waals surface area contributed by atoms with Crippen LogP contribution in [-0.2, 0) is 19.1 Å². The van der Waals surface area contributed by atoms with Crippen LogP contribution in [-0.4, -0.2) is 42.8 Å². The number of esters is 1. The minimum Gasteiger partial charge on any atom is -0.462 e. The molecule has 0 saturated carbocycles. The van der Waals surface area contributed by atoms with E-state index >= 15 is 0 Å². The lowest BCUT2D eigenvalue weighted by Crippen LogP contribution is -2.32. The molecule has 0 aliphatic rings. The first kappa shape index (κ1) is 15.3. The largest absolute Gasteiger partial charge is 0.462 e. The lowest BCUT2D eigenvalue weighted by Gasteiger charge is -2.14. The molecule has 0 saturated heterocycles. The van der Waals surface area contributed by atoms with Crippen LogP contribution in [0.1, 0.15) is 26.7 Å². The van der Waals surface area contributed by atoms with E-state index in [1.807, 2.05) is 0 Å². The van der Waals surface area contributed by atoms with Crippen molar-refractivity contribution < 1.29 is 19.1 Å². The van der Waals surface area contributed by atoms with E-state index in [-0.39, 0.29) is 0 Å². The number of ketones is 1. The van der Waals surface area contributed by atoms with Gasteiger partial charge in [-0.25, -0.2) is 4.79 Å². The minimum atomic E-state index is -0.496. The molecule has 0 fully saturated rings. The smallest absolute Gasteiger partial charge is 0.333 e. The number of amides is 1. The van der Waals surface area contributed by atoms with Crippen LogP contribution < -0.4 is 0 Å². The summed E-state index contributed by atoms with van der Waals surface area (Å²) in [6.45, 7) is 7.06. The number of hydrogen-bond acceptors (Lipinski definition) is 4. The molecule has 0 atom stereocenters. The number of Topliss-reactive ketones (excluding diaryl/α,β-unsaturated/α-hetero) is 1. The van der Waals surface area contributed by atoms with Crippen molar-refractivity contribution in [1.29, 1.82) is 0 Å². The number of nitrogens with zero attached hydrogens (tertiary/aromatic N) is 1. The van der Waals surface area contributed by atoms with Gasteiger partial charge in [0.05, 0.1) is 6.61 Å². The number of likely N-dealkylation sites (N-methyl/N-ethyl adjacent to an activating group) is 1. The van der Waals surface area contributed by atoms with Crippen molar-refractivity contribution in [2.75, 3.05) is 20.2 Å². The van der Waals surface area contributed by atoms with E-state index in [4.69, 9.17) is 4.74 Å². The Bertz CT molecular complexity index is 322. The van der Waals surface area contributed by atoms with Crippen molar-refractivity contribution in [2.45, 2.75) is 26.7 Å². The van der Waals surface area contributed by atoms with Crippen LogP contribution in [0.2, 0.25) is 0 Å². The van der Waals surface area contributed by atoms with Gasteiger partial charge in [0.25, 0.3) is 5.91 Å². The average molecular weight is 241 g/mol. The zero-order chi connectivity index (χ0) is 13.4. The van der Waals surface area contributed by atoms with Crippen molar-refractivity contribution >= 4 is 17.7 Å². The maximum absolute atomic E-state index is 11.2. The summed E-state index contributed by atoms with van der Waals surface area (Å²) < 4.78 is 4.88. The standard InChI is InChI=1S/C12H19NO4/c1-9(2)12(16)17-8-6-5-7-13(4)11(15)10(3)14/h1,5-8H2,2-4H3. The lowest BCUT2D eigenvalue weighted by molar-refractivity contribution is -0.142. The number of hydrogen-bond donors (Lipinski definition) is 0. The Morgan fingerprint density at radius 2 is 1.76 bits per heavy atom. The molecule has 0 bridgehead atoms. The SMILES string of the molecule is C=C(C)C(=O)OCCCCN(C)C(=O)C(C)=O. The molecule has 0 heterocycles. The number of carbonyl (C=O) groups is 3. The van der Waals surface area contributed by atoms with E-state index in [9.17, 15) is 14.4 Å². The summed E-state index contributed by atoms with van der Waals surface area (Å²) in [5, 5.41) is 0. The van der Waals surface area contributed by atoms with E-state index in [0.717, 1.165) is 0 Å². The summed E-state index contributed by atoms with van der Waals surface area (Å²) in [6, 6.07) is 0. The molecule has 1 amide bonds. The third kappa shape index (κ3) is 6.50. The van der Waals surface area contributed by atoms with E-state index in [2.05, 4.69) is 6.58 Å². The van der Waals surface area contributed by atoms with Crippen molar-refractivity contribution in [3.8, 4) is 0 Å². The molecular formula is C12H19NO4. The molecule has 96 valence electrons. The van der Waals surface area contributed by atoms with Crippen LogP contribution in [0.5, 0.6) is 0 Å². The van der Waals surface area contributed by atoms with Gasteiger partial charge in [-0.15, -0.1) is 0 Å². The highest BCUT2D eigenvalue weighted by Gasteiger charge is 2.12. The number of ether oxygens (including phenoxy) is 1. The zero-order valence-corrected chi connectivity index (χ0v) is 10.6. The van der Waals surface area contributed by atoms with E-state index in [0.29, 0.717) is 31.6 Å². The van der Waals surface area contributed by atoms with Gasteiger partial charge in [0.15, 0.2) is 0 Å². The van der Waals surface area contributed by atoms with Gasteiger partial charge in [-0.2, -0.15) is 0 Å². The third-order valence-electron chi connectivity index (χ3n) is 2.12. The molecule has 0 aromatic rings. The van der Waals surface area contributed by atoms with Crippen molar-refractivity contribution in [1.82, 2.24) is 4.90 Å². The molecule has 0 aliphatic carbocycles. The molecule has 17 heavy (non-hydrogen) atoms. The Hall–Kier alpha value is -1.65. The first-order valence-corrected chi connectivity index (χ1v) is 5.45. The second-order valence-electron chi connectivity index (χ2n) is 3.91. The molecule has 0 radical (unpaired) electrons. The predicted octanol–water partition coefficient (Wildman–Crippen LogP) is 0.933. The van der Waals surface area contributed by atoms with Crippen LogP contribution in [0.4, 0.5) is 0 Å². The molecule has 0 aromatic heterocycles. The summed E-state index contributed by atoms with van der Waals surface area (Å²) in [7, 11) is 1.57. The average Bonchev–Trinajstić information content (AvgIpc) is 2.26. The summed E-state index contributed by atoms with van der Waals surface area (Å²) in [5.74, 6) is -1.37. The second-order valence-corrected chi connectivity index (χ2v) is 3.91. The predicted molar refractivity (Wildman–Crippen MR) is 63.3 cm³/mol. The Morgan fingerprint density at radius 1 is 1.18 bits per heavy atom. The monoisotopic (exact) mass is 241 g/mol. The van der Waals surface area contributed by atoms with E-state index in [1.54, 1.807) is 14.0 Å². The summed E-state index contributed by atoms with van der Waals surface area (Å²) in [6.07, 6.45) is 1.33. The van der Waals surface area contributed by atoms with E-state index < -0.39 is 17.7 Å². The second kappa shape index (κ2) is 7.60. The number of carbonyl (C=O) groups excluding carboxylic acids is 3.